The number of aryl methyl sites for hydroxylation is 1. The normalized spacial score (nSPS) is 21.7. The van der Waals surface area contributed by atoms with Crippen molar-refractivity contribution in [3.05, 3.63) is 59.1 Å². The predicted octanol–water partition coefficient (Wildman–Crippen LogP) is 5.70. The molecule has 2 aromatic carbocycles. The summed E-state index contributed by atoms with van der Waals surface area (Å²) >= 11 is 6.19. The van der Waals surface area contributed by atoms with Gasteiger partial charge in [0.2, 0.25) is 0 Å². The lowest BCUT2D eigenvalue weighted by Gasteiger charge is -2.46. The van der Waals surface area contributed by atoms with Crippen molar-refractivity contribution in [1.29, 1.82) is 0 Å². The lowest BCUT2D eigenvalue weighted by Crippen LogP contribution is -2.55. The van der Waals surface area contributed by atoms with Crippen LogP contribution in [0.15, 0.2) is 48.5 Å². The summed E-state index contributed by atoms with van der Waals surface area (Å²) in [7, 11) is 0. The summed E-state index contributed by atoms with van der Waals surface area (Å²) in [5.74, 6) is 1.92. The van der Waals surface area contributed by atoms with E-state index >= 15 is 0 Å². The number of halogens is 1. The Labute approximate surface area is 170 Å². The molecule has 4 nitrogen and oxygen atoms in total. The van der Waals surface area contributed by atoms with Crippen molar-refractivity contribution in [3.63, 3.8) is 0 Å². The topological polar surface area (TPSA) is 37.4 Å². The van der Waals surface area contributed by atoms with Crippen molar-refractivity contribution in [1.82, 2.24) is 4.98 Å². The number of anilines is 3. The molecular weight excluding hydrogens is 370 g/mol. The minimum absolute atomic E-state index is 0.417. The lowest BCUT2D eigenvalue weighted by atomic mass is 9.94. The van der Waals surface area contributed by atoms with Crippen LogP contribution in [0.3, 0.4) is 0 Å². The highest BCUT2D eigenvalue weighted by Crippen LogP contribution is 2.36. The molecule has 2 atom stereocenters. The van der Waals surface area contributed by atoms with Gasteiger partial charge in [0.05, 0.1) is 25.3 Å². The van der Waals surface area contributed by atoms with Crippen molar-refractivity contribution >= 4 is 39.7 Å². The van der Waals surface area contributed by atoms with Crippen molar-refractivity contribution in [2.75, 3.05) is 23.4 Å². The van der Waals surface area contributed by atoms with Gasteiger partial charge in [-0.3, -0.25) is 0 Å². The third-order valence-corrected chi connectivity index (χ3v) is 6.15. The van der Waals surface area contributed by atoms with E-state index in [9.17, 15) is 0 Å². The van der Waals surface area contributed by atoms with Crippen LogP contribution < -0.4 is 10.2 Å². The molecule has 0 amide bonds. The first-order valence-electron chi connectivity index (χ1n) is 9.98. The highest BCUT2D eigenvalue weighted by Gasteiger charge is 2.35. The van der Waals surface area contributed by atoms with E-state index in [1.807, 2.05) is 24.3 Å². The summed E-state index contributed by atoms with van der Waals surface area (Å²) in [4.78, 5) is 7.59. The van der Waals surface area contributed by atoms with E-state index in [2.05, 4.69) is 41.4 Å². The molecule has 3 heterocycles. The Kier molecular flexibility index (Phi) is 4.61. The summed E-state index contributed by atoms with van der Waals surface area (Å²) in [6, 6.07) is 17.3. The Balaban J connectivity index is 1.63. The van der Waals surface area contributed by atoms with Gasteiger partial charge in [-0.25, -0.2) is 4.98 Å². The molecule has 2 aliphatic heterocycles. The van der Waals surface area contributed by atoms with Gasteiger partial charge >= 0.3 is 0 Å². The summed E-state index contributed by atoms with van der Waals surface area (Å²) < 4.78 is 5.84. The van der Waals surface area contributed by atoms with Gasteiger partial charge in [0.25, 0.3) is 0 Å². The molecule has 1 N–H and O–H groups in total. The number of aromatic nitrogens is 1. The van der Waals surface area contributed by atoms with Crippen LogP contribution in [0.1, 0.15) is 24.8 Å². The smallest absolute Gasteiger partial charge is 0.140 e. The summed E-state index contributed by atoms with van der Waals surface area (Å²) in [5.41, 5.74) is 2.20. The number of hydrogen-bond donors (Lipinski definition) is 1. The number of hydrogen-bond acceptors (Lipinski definition) is 4. The molecule has 0 spiro atoms. The first kappa shape index (κ1) is 17.8. The maximum atomic E-state index is 6.19. The van der Waals surface area contributed by atoms with Gasteiger partial charge in [0.15, 0.2) is 0 Å². The van der Waals surface area contributed by atoms with Crippen molar-refractivity contribution in [2.24, 2.45) is 0 Å². The van der Waals surface area contributed by atoms with Gasteiger partial charge < -0.3 is 15.0 Å². The Morgan fingerprint density at radius 1 is 1.04 bits per heavy atom. The molecule has 0 radical (unpaired) electrons. The maximum Gasteiger partial charge on any atom is 0.140 e. The molecule has 2 unspecified atom stereocenters. The zero-order valence-corrected chi connectivity index (χ0v) is 16.7. The van der Waals surface area contributed by atoms with Gasteiger partial charge in [-0.15, -0.1) is 0 Å². The van der Waals surface area contributed by atoms with Crippen LogP contribution in [0.2, 0.25) is 5.02 Å². The number of morpholine rings is 1. The average Bonchev–Trinajstić information content (AvgIpc) is 2.68. The highest BCUT2D eigenvalue weighted by molar-refractivity contribution is 6.30. The largest absolute Gasteiger partial charge is 0.377 e. The van der Waals surface area contributed by atoms with Crippen LogP contribution in [0.5, 0.6) is 0 Å². The first-order valence-corrected chi connectivity index (χ1v) is 10.4. The number of ether oxygens (including phenoxy) is 1. The first-order chi connectivity index (χ1) is 13.7. The Hall–Kier alpha value is -2.30. The van der Waals surface area contributed by atoms with Gasteiger partial charge in [-0.2, -0.15) is 0 Å². The molecule has 2 bridgehead atoms. The molecule has 2 saturated heterocycles. The van der Waals surface area contributed by atoms with Gasteiger partial charge in [-0.1, -0.05) is 35.9 Å². The predicted molar refractivity (Wildman–Crippen MR) is 116 cm³/mol. The molecule has 144 valence electrons. The van der Waals surface area contributed by atoms with Crippen LogP contribution in [-0.2, 0) is 4.74 Å². The number of rotatable bonds is 3. The van der Waals surface area contributed by atoms with Crippen molar-refractivity contribution in [2.45, 2.75) is 38.3 Å². The Morgan fingerprint density at radius 3 is 2.61 bits per heavy atom. The molecule has 5 rings (SSSR count). The summed E-state index contributed by atoms with van der Waals surface area (Å²) in [6.45, 7) is 3.75. The van der Waals surface area contributed by atoms with Gasteiger partial charge in [-0.05, 0) is 61.4 Å². The van der Waals surface area contributed by atoms with E-state index in [1.165, 1.54) is 30.2 Å². The van der Waals surface area contributed by atoms with Crippen molar-refractivity contribution < 1.29 is 4.74 Å². The number of benzene rings is 2. The molecule has 2 fully saturated rings. The minimum atomic E-state index is 0.417. The van der Waals surface area contributed by atoms with Crippen LogP contribution in [-0.4, -0.2) is 30.3 Å². The molecule has 0 aliphatic carbocycles. The number of nitrogens with zero attached hydrogens (tertiary/aromatic N) is 2. The van der Waals surface area contributed by atoms with Gasteiger partial charge in [0.1, 0.15) is 11.6 Å². The van der Waals surface area contributed by atoms with Crippen LogP contribution in [0.4, 0.5) is 17.3 Å². The van der Waals surface area contributed by atoms with E-state index in [0.717, 1.165) is 35.9 Å². The quantitative estimate of drug-likeness (QED) is 0.619. The zero-order chi connectivity index (χ0) is 19.1. The maximum absolute atomic E-state index is 6.19. The third kappa shape index (κ3) is 3.21. The van der Waals surface area contributed by atoms with Crippen LogP contribution in [0.25, 0.3) is 10.8 Å². The fourth-order valence-corrected chi connectivity index (χ4v) is 4.74. The van der Waals surface area contributed by atoms with Gasteiger partial charge in [0, 0.05) is 16.1 Å². The second-order valence-electron chi connectivity index (χ2n) is 7.82. The Bertz CT molecular complexity index is 1000. The zero-order valence-electron chi connectivity index (χ0n) is 16.0. The molecule has 3 aromatic rings. The second kappa shape index (κ2) is 7.26. The molecule has 5 heteroatoms. The van der Waals surface area contributed by atoms with E-state index < -0.39 is 0 Å². The highest BCUT2D eigenvalue weighted by atomic mass is 35.5. The van der Waals surface area contributed by atoms with E-state index in [0.29, 0.717) is 17.1 Å². The third-order valence-electron chi connectivity index (χ3n) is 5.91. The lowest BCUT2D eigenvalue weighted by molar-refractivity contribution is 0.0458. The second-order valence-corrected chi connectivity index (χ2v) is 8.25. The summed E-state index contributed by atoms with van der Waals surface area (Å²) in [6.07, 6.45) is 3.61. The minimum Gasteiger partial charge on any atom is -0.377 e. The van der Waals surface area contributed by atoms with E-state index in [4.69, 9.17) is 21.3 Å². The number of nitrogens with one attached hydrogen (secondary N) is 1. The average molecular weight is 394 g/mol. The van der Waals surface area contributed by atoms with Crippen molar-refractivity contribution in [3.8, 4) is 0 Å². The fraction of sp³-hybridized carbons (Fsp3) is 0.348. The molecule has 0 saturated carbocycles. The molecule has 1 aromatic heterocycles. The Morgan fingerprint density at radius 2 is 1.82 bits per heavy atom. The summed E-state index contributed by atoms with van der Waals surface area (Å²) in [5, 5.41) is 6.58. The molecule has 2 aliphatic rings. The molecule has 28 heavy (non-hydrogen) atoms. The molecular formula is C23H24ClN3O. The number of fused-ring (bicyclic) bond motifs is 3. The fourth-order valence-electron chi connectivity index (χ4n) is 4.55. The van der Waals surface area contributed by atoms with Crippen LogP contribution in [0, 0.1) is 6.92 Å². The van der Waals surface area contributed by atoms with E-state index in [-0.39, 0.29) is 0 Å². The SMILES string of the molecule is Cc1cccc2c(Nc3cccc(Cl)c3)nc(N3C4CCCC3COC4)cc12. The van der Waals surface area contributed by atoms with E-state index in [1.54, 1.807) is 0 Å². The monoisotopic (exact) mass is 393 g/mol. The number of piperidine rings is 1. The standard InChI is InChI=1S/C23H24ClN3O/c1-15-5-2-10-20-21(15)12-22(27-18-8-4-9-19(27)14-28-13-18)26-23(20)25-17-7-3-6-16(24)11-17/h2-3,5-7,10-12,18-19H,4,8-9,13-14H2,1H3,(H,25,26). The van der Waals surface area contributed by atoms with Crippen LogP contribution >= 0.6 is 11.6 Å². The number of pyridine rings is 1.